The molecular weight excluding hydrogens is 254 g/mol. The maximum Gasteiger partial charge on any atom is 0.225 e. The minimum Gasteiger partial charge on any atom is -0.340 e. The molecule has 15 heavy (non-hydrogen) atoms. The van der Waals surface area contributed by atoms with Gasteiger partial charge in [0.25, 0.3) is 0 Å². The zero-order chi connectivity index (χ0) is 10.9. The second-order valence-corrected chi connectivity index (χ2v) is 5.42. The van der Waals surface area contributed by atoms with Crippen LogP contribution in [0.4, 0.5) is 5.95 Å². The number of rotatable bonds is 2. The van der Waals surface area contributed by atoms with Crippen LogP contribution in [0, 0.1) is 5.41 Å². The van der Waals surface area contributed by atoms with Crippen molar-refractivity contribution < 1.29 is 0 Å². The molecule has 0 radical (unpaired) electrons. The predicted octanol–water partition coefficient (Wildman–Crippen LogP) is 2.61. The Morgan fingerprint density at radius 2 is 2.07 bits per heavy atom. The first-order chi connectivity index (χ1) is 7.11. The highest BCUT2D eigenvalue weighted by atomic mass is 79.9. The third-order valence-electron chi connectivity index (χ3n) is 2.81. The van der Waals surface area contributed by atoms with Gasteiger partial charge in [0.15, 0.2) is 0 Å². The minimum atomic E-state index is 0.400. The molecule has 1 aliphatic rings. The second-order valence-electron chi connectivity index (χ2n) is 4.86. The van der Waals surface area contributed by atoms with E-state index in [1.165, 1.54) is 6.42 Å². The third kappa shape index (κ3) is 2.48. The minimum absolute atomic E-state index is 0.400. The maximum absolute atomic E-state index is 4.38. The lowest BCUT2D eigenvalue weighted by atomic mass is 9.93. The summed E-state index contributed by atoms with van der Waals surface area (Å²) in [7, 11) is 0. The number of alkyl halides is 1. The molecule has 0 amide bonds. The monoisotopic (exact) mass is 269 g/mol. The fraction of sp³-hybridized carbons (Fsp3) is 0.636. The standard InChI is InChI=1S/C11H16BrN3/c1-11(2)3-4-15(8-11)10-13-6-9(5-12)7-14-10/h6-7H,3-5,8H2,1-2H3. The Morgan fingerprint density at radius 1 is 1.40 bits per heavy atom. The number of hydrogen-bond acceptors (Lipinski definition) is 3. The van der Waals surface area contributed by atoms with Crippen LogP contribution in [0.15, 0.2) is 12.4 Å². The molecule has 3 nitrogen and oxygen atoms in total. The number of hydrogen-bond donors (Lipinski definition) is 0. The normalized spacial score (nSPS) is 19.5. The van der Waals surface area contributed by atoms with Crippen LogP contribution in [0.3, 0.4) is 0 Å². The van der Waals surface area contributed by atoms with Gasteiger partial charge in [0.2, 0.25) is 5.95 Å². The van der Waals surface area contributed by atoms with Gasteiger partial charge in [-0.2, -0.15) is 0 Å². The Hall–Kier alpha value is -0.640. The van der Waals surface area contributed by atoms with Gasteiger partial charge >= 0.3 is 0 Å². The number of anilines is 1. The summed E-state index contributed by atoms with van der Waals surface area (Å²) >= 11 is 3.39. The van der Waals surface area contributed by atoms with Crippen LogP contribution in [0.2, 0.25) is 0 Å². The average molecular weight is 270 g/mol. The molecular formula is C11H16BrN3. The molecule has 0 atom stereocenters. The summed E-state index contributed by atoms with van der Waals surface area (Å²) in [5.74, 6) is 0.866. The lowest BCUT2D eigenvalue weighted by Gasteiger charge is -2.19. The van der Waals surface area contributed by atoms with Gasteiger partial charge in [-0.25, -0.2) is 9.97 Å². The highest BCUT2D eigenvalue weighted by molar-refractivity contribution is 9.08. The van der Waals surface area contributed by atoms with E-state index < -0.39 is 0 Å². The van der Waals surface area contributed by atoms with Gasteiger partial charge in [-0.05, 0) is 17.4 Å². The molecule has 0 aromatic carbocycles. The van der Waals surface area contributed by atoms with E-state index in [1.54, 1.807) is 0 Å². The Balaban J connectivity index is 2.11. The van der Waals surface area contributed by atoms with Crippen LogP contribution in [0.1, 0.15) is 25.8 Å². The van der Waals surface area contributed by atoms with Crippen LogP contribution >= 0.6 is 15.9 Å². The lowest BCUT2D eigenvalue weighted by Crippen LogP contribution is -2.24. The van der Waals surface area contributed by atoms with Gasteiger partial charge < -0.3 is 4.90 Å². The van der Waals surface area contributed by atoms with E-state index in [0.717, 1.165) is 29.9 Å². The van der Waals surface area contributed by atoms with Gasteiger partial charge in [-0.3, -0.25) is 0 Å². The molecule has 82 valence electrons. The van der Waals surface area contributed by atoms with Gasteiger partial charge in [0.1, 0.15) is 0 Å². The van der Waals surface area contributed by atoms with Crippen LogP contribution < -0.4 is 4.90 Å². The first kappa shape index (κ1) is 10.9. The predicted molar refractivity (Wildman–Crippen MR) is 65.3 cm³/mol. The maximum atomic E-state index is 4.38. The van der Waals surface area contributed by atoms with E-state index in [4.69, 9.17) is 0 Å². The Labute approximate surface area is 99.0 Å². The summed E-state index contributed by atoms with van der Waals surface area (Å²) in [4.78, 5) is 11.0. The first-order valence-electron chi connectivity index (χ1n) is 5.22. The quantitative estimate of drug-likeness (QED) is 0.773. The van der Waals surface area contributed by atoms with E-state index in [1.807, 2.05) is 12.4 Å². The van der Waals surface area contributed by atoms with Crippen molar-refractivity contribution in [1.82, 2.24) is 9.97 Å². The Kier molecular flexibility index (Phi) is 2.96. The van der Waals surface area contributed by atoms with Gasteiger partial charge in [-0.1, -0.05) is 29.8 Å². The van der Waals surface area contributed by atoms with Crippen LogP contribution in [-0.2, 0) is 5.33 Å². The van der Waals surface area contributed by atoms with Crippen LogP contribution in [0.5, 0.6) is 0 Å². The summed E-state index contributed by atoms with van der Waals surface area (Å²) in [5.41, 5.74) is 1.52. The number of halogens is 1. The van der Waals surface area contributed by atoms with E-state index in [9.17, 15) is 0 Å². The van der Waals surface area contributed by atoms with Crippen molar-refractivity contribution >= 4 is 21.9 Å². The highest BCUT2D eigenvalue weighted by Crippen LogP contribution is 2.30. The smallest absolute Gasteiger partial charge is 0.225 e. The zero-order valence-electron chi connectivity index (χ0n) is 9.20. The van der Waals surface area contributed by atoms with E-state index in [2.05, 4.69) is 44.6 Å². The number of nitrogens with zero attached hydrogens (tertiary/aromatic N) is 3. The Morgan fingerprint density at radius 3 is 2.53 bits per heavy atom. The van der Waals surface area contributed by atoms with Gasteiger partial charge in [0, 0.05) is 30.8 Å². The average Bonchev–Trinajstić information content (AvgIpc) is 2.59. The zero-order valence-corrected chi connectivity index (χ0v) is 10.8. The van der Waals surface area contributed by atoms with Crippen molar-refractivity contribution in [2.45, 2.75) is 25.6 Å². The molecule has 1 aromatic rings. The van der Waals surface area contributed by atoms with Crippen molar-refractivity contribution in [2.24, 2.45) is 5.41 Å². The molecule has 0 saturated carbocycles. The topological polar surface area (TPSA) is 29.0 Å². The molecule has 0 aliphatic carbocycles. The summed E-state index contributed by atoms with van der Waals surface area (Å²) < 4.78 is 0. The molecule has 1 aromatic heterocycles. The molecule has 2 rings (SSSR count). The fourth-order valence-electron chi connectivity index (χ4n) is 1.86. The third-order valence-corrected chi connectivity index (χ3v) is 3.45. The van der Waals surface area contributed by atoms with E-state index in [0.29, 0.717) is 5.41 Å². The Bertz CT molecular complexity index is 334. The van der Waals surface area contributed by atoms with E-state index in [-0.39, 0.29) is 0 Å². The first-order valence-corrected chi connectivity index (χ1v) is 6.35. The van der Waals surface area contributed by atoms with Gasteiger partial charge in [0.05, 0.1) is 0 Å². The summed E-state index contributed by atoms with van der Waals surface area (Å²) in [6, 6.07) is 0. The summed E-state index contributed by atoms with van der Waals surface area (Å²) in [6.07, 6.45) is 5.00. The van der Waals surface area contributed by atoms with E-state index >= 15 is 0 Å². The fourth-order valence-corrected chi connectivity index (χ4v) is 2.15. The molecule has 0 N–H and O–H groups in total. The van der Waals surface area contributed by atoms with Crippen molar-refractivity contribution in [2.75, 3.05) is 18.0 Å². The SMILES string of the molecule is CC1(C)CCN(c2ncc(CBr)cn2)C1. The number of aromatic nitrogens is 2. The molecule has 0 unspecified atom stereocenters. The van der Waals surface area contributed by atoms with Crippen LogP contribution in [0.25, 0.3) is 0 Å². The molecule has 4 heteroatoms. The largest absolute Gasteiger partial charge is 0.340 e. The molecule has 0 bridgehead atoms. The highest BCUT2D eigenvalue weighted by Gasteiger charge is 2.30. The molecule has 1 aliphatic heterocycles. The molecule has 0 spiro atoms. The van der Waals surface area contributed by atoms with Crippen LogP contribution in [-0.4, -0.2) is 23.1 Å². The van der Waals surface area contributed by atoms with Crippen molar-refractivity contribution in [1.29, 1.82) is 0 Å². The summed E-state index contributed by atoms with van der Waals surface area (Å²) in [5, 5.41) is 0.818. The van der Waals surface area contributed by atoms with Crippen molar-refractivity contribution in [3.63, 3.8) is 0 Å². The van der Waals surface area contributed by atoms with Crippen molar-refractivity contribution in [3.8, 4) is 0 Å². The molecule has 2 heterocycles. The molecule has 1 saturated heterocycles. The lowest BCUT2D eigenvalue weighted by molar-refractivity contribution is 0.418. The van der Waals surface area contributed by atoms with Gasteiger partial charge in [-0.15, -0.1) is 0 Å². The molecule has 1 fully saturated rings. The second kappa shape index (κ2) is 4.08. The summed E-state index contributed by atoms with van der Waals surface area (Å²) in [6.45, 7) is 6.71. The van der Waals surface area contributed by atoms with Crippen molar-refractivity contribution in [3.05, 3.63) is 18.0 Å².